The lowest BCUT2D eigenvalue weighted by atomic mass is 10.1. The summed E-state index contributed by atoms with van der Waals surface area (Å²) in [5.41, 5.74) is 1.86. The third-order valence-corrected chi connectivity index (χ3v) is 7.89. The lowest BCUT2D eigenvalue weighted by Gasteiger charge is -2.18. The van der Waals surface area contributed by atoms with E-state index < -0.39 is 0 Å². The van der Waals surface area contributed by atoms with E-state index in [4.69, 9.17) is 21.1 Å². The number of carbonyl (C=O) groups is 1. The molecule has 1 N–H and O–H groups in total. The van der Waals surface area contributed by atoms with Crippen LogP contribution in [0.25, 0.3) is 0 Å². The fraction of sp³-hybridized carbons (Fsp3) is 0.531. The van der Waals surface area contributed by atoms with Crippen LogP contribution in [0.2, 0.25) is 5.02 Å². The van der Waals surface area contributed by atoms with Gasteiger partial charge < -0.3 is 19.7 Å². The number of anilines is 1. The molecule has 0 saturated carbocycles. The van der Waals surface area contributed by atoms with Gasteiger partial charge in [0.2, 0.25) is 0 Å². The summed E-state index contributed by atoms with van der Waals surface area (Å²) in [6.45, 7) is 3.58. The molecular weight excluding hydrogens is 608 g/mol. The van der Waals surface area contributed by atoms with E-state index in [2.05, 4.69) is 28.7 Å². The van der Waals surface area contributed by atoms with Gasteiger partial charge in [-0.1, -0.05) is 107 Å². The molecule has 0 bridgehead atoms. The van der Waals surface area contributed by atoms with Crippen LogP contribution in [0.4, 0.5) is 5.69 Å². The predicted molar refractivity (Wildman–Crippen MR) is 176 cm³/mol. The van der Waals surface area contributed by atoms with Crippen molar-refractivity contribution in [1.82, 2.24) is 4.90 Å². The summed E-state index contributed by atoms with van der Waals surface area (Å²) in [6, 6.07) is 13.2. The van der Waals surface area contributed by atoms with E-state index in [-0.39, 0.29) is 29.5 Å². The summed E-state index contributed by atoms with van der Waals surface area (Å²) in [5, 5.41) is 5.48. The molecule has 1 aliphatic rings. The third kappa shape index (κ3) is 13.7. The van der Waals surface area contributed by atoms with Crippen LogP contribution in [0, 0.1) is 0 Å². The Morgan fingerprint density at radius 3 is 2.25 bits per heavy atom. The second-order valence-corrected chi connectivity index (χ2v) is 11.4. The number of nitrogens with one attached hydrogen (secondary N) is 1. The van der Waals surface area contributed by atoms with Crippen LogP contribution in [0.3, 0.4) is 0 Å². The van der Waals surface area contributed by atoms with Crippen molar-refractivity contribution in [2.24, 2.45) is 0 Å². The van der Waals surface area contributed by atoms with Crippen LogP contribution in [-0.2, 0) is 11.3 Å². The average molecular weight is 654 g/mol. The van der Waals surface area contributed by atoms with Crippen molar-refractivity contribution in [3.63, 3.8) is 0 Å². The van der Waals surface area contributed by atoms with Gasteiger partial charge in [0.1, 0.15) is 11.5 Å². The Morgan fingerprint density at radius 1 is 0.925 bits per heavy atom. The van der Waals surface area contributed by atoms with E-state index in [1.165, 1.54) is 70.6 Å². The van der Waals surface area contributed by atoms with Crippen molar-refractivity contribution in [3.8, 4) is 11.5 Å². The Hall–Kier alpha value is -1.83. The first-order valence-electron chi connectivity index (χ1n) is 14.6. The molecule has 1 amide bonds. The number of nitrogens with zero attached hydrogens (tertiary/aromatic N) is 1. The number of para-hydroxylation sites is 1. The number of hydrogen-bond donors (Lipinski definition) is 1. The van der Waals surface area contributed by atoms with Gasteiger partial charge in [-0.2, -0.15) is 0 Å². The second kappa shape index (κ2) is 21.0. The van der Waals surface area contributed by atoms with E-state index >= 15 is 0 Å². The molecule has 1 heterocycles. The zero-order valence-electron chi connectivity index (χ0n) is 23.9. The van der Waals surface area contributed by atoms with Crippen LogP contribution < -0.4 is 14.8 Å². The van der Waals surface area contributed by atoms with Crippen molar-refractivity contribution < 1.29 is 14.3 Å². The molecule has 2 aromatic rings. The number of ether oxygens (including phenoxy) is 2. The van der Waals surface area contributed by atoms with Crippen molar-refractivity contribution >= 4 is 51.9 Å². The monoisotopic (exact) mass is 652 g/mol. The molecule has 0 aliphatic carbocycles. The summed E-state index contributed by atoms with van der Waals surface area (Å²) in [6.07, 6.45) is 17.9. The van der Waals surface area contributed by atoms with Gasteiger partial charge in [-0.15, -0.1) is 28.7 Å². The minimum absolute atomic E-state index is 0. The van der Waals surface area contributed by atoms with Crippen LogP contribution in [0.15, 0.2) is 54.1 Å². The number of hydrogen-bond acceptors (Lipinski definition) is 5. The number of unbranched alkanes of at least 4 members (excludes halogenated alkanes) is 11. The highest BCUT2D eigenvalue weighted by molar-refractivity contribution is 8.93. The Bertz CT molecular complexity index is 1020. The molecule has 3 rings (SSSR count). The number of carbonyl (C=O) groups excluding carboxylic acids is 1. The van der Waals surface area contributed by atoms with Crippen LogP contribution >= 0.6 is 40.3 Å². The Kier molecular flexibility index (Phi) is 18.0. The van der Waals surface area contributed by atoms with Gasteiger partial charge in [-0.3, -0.25) is 4.79 Å². The molecule has 0 saturated heterocycles. The van der Waals surface area contributed by atoms with E-state index in [9.17, 15) is 4.79 Å². The topological polar surface area (TPSA) is 50.8 Å². The second-order valence-electron chi connectivity index (χ2n) is 10.2. The number of rotatable bonds is 20. The lowest BCUT2D eigenvalue weighted by molar-refractivity contribution is -0.118. The first-order chi connectivity index (χ1) is 19.2. The minimum Gasteiger partial charge on any atom is -0.494 e. The Balaban J connectivity index is 0.00000560. The predicted octanol–water partition coefficient (Wildman–Crippen LogP) is 9.99. The molecule has 40 heavy (non-hydrogen) atoms. The molecule has 0 aromatic heterocycles. The van der Waals surface area contributed by atoms with Crippen LogP contribution in [-0.4, -0.2) is 29.9 Å². The van der Waals surface area contributed by atoms with Crippen molar-refractivity contribution in [1.29, 1.82) is 0 Å². The fourth-order valence-electron chi connectivity index (χ4n) is 4.56. The van der Waals surface area contributed by atoms with E-state index in [0.29, 0.717) is 17.4 Å². The standard InChI is InChI=1S/C32H45ClN2O3S.BrH/c1-2-3-4-5-6-7-8-9-10-11-12-15-21-37-28-18-19-31(29(33)23-28)38-25-32(36)34-30-17-14-13-16-27(30)24-35-20-22-39-26-35;/h13-14,16-20,22-23H,2-12,15,21,24-26H2,1H3,(H,34,36);1H. The first kappa shape index (κ1) is 34.4. The molecular formula is C32H46BrClN2O3S. The molecule has 5 nitrogen and oxygen atoms in total. The quantitative estimate of drug-likeness (QED) is 0.144. The smallest absolute Gasteiger partial charge is 0.262 e. The van der Waals surface area contributed by atoms with Crippen LogP contribution in [0.5, 0.6) is 11.5 Å². The molecule has 0 atom stereocenters. The lowest BCUT2D eigenvalue weighted by Crippen LogP contribution is -2.22. The zero-order chi connectivity index (χ0) is 27.5. The van der Waals surface area contributed by atoms with E-state index in [1.54, 1.807) is 23.9 Å². The minimum atomic E-state index is -0.225. The van der Waals surface area contributed by atoms with Gasteiger partial charge in [0.05, 0.1) is 17.5 Å². The number of benzene rings is 2. The highest BCUT2D eigenvalue weighted by atomic mass is 79.9. The van der Waals surface area contributed by atoms with Gasteiger partial charge in [0.25, 0.3) is 5.91 Å². The Morgan fingerprint density at radius 2 is 1.60 bits per heavy atom. The molecule has 0 fully saturated rings. The first-order valence-corrected chi connectivity index (χ1v) is 16.0. The molecule has 8 heteroatoms. The van der Waals surface area contributed by atoms with Crippen molar-refractivity contribution in [3.05, 3.63) is 64.7 Å². The normalized spacial score (nSPS) is 12.3. The third-order valence-electron chi connectivity index (χ3n) is 6.80. The highest BCUT2D eigenvalue weighted by Gasteiger charge is 2.12. The highest BCUT2D eigenvalue weighted by Crippen LogP contribution is 2.29. The van der Waals surface area contributed by atoms with Gasteiger partial charge in [-0.25, -0.2) is 0 Å². The van der Waals surface area contributed by atoms with Gasteiger partial charge in [-0.05, 0) is 35.6 Å². The van der Waals surface area contributed by atoms with E-state index in [0.717, 1.165) is 35.8 Å². The largest absolute Gasteiger partial charge is 0.494 e. The summed E-state index contributed by atoms with van der Waals surface area (Å²) in [5.74, 6) is 1.89. The molecule has 2 aromatic carbocycles. The Labute approximate surface area is 261 Å². The molecule has 0 unspecified atom stereocenters. The number of amides is 1. The van der Waals surface area contributed by atoms with E-state index in [1.807, 2.05) is 30.3 Å². The zero-order valence-corrected chi connectivity index (χ0v) is 27.2. The summed E-state index contributed by atoms with van der Waals surface area (Å²) >= 11 is 8.16. The molecule has 1 aliphatic heterocycles. The van der Waals surface area contributed by atoms with Crippen LogP contribution in [0.1, 0.15) is 89.5 Å². The maximum absolute atomic E-state index is 12.6. The SMILES string of the molecule is Br.CCCCCCCCCCCCCCOc1ccc(OCC(=O)Nc2ccccc2CN2C=CSC2)c(Cl)c1. The fourth-order valence-corrected chi connectivity index (χ4v) is 5.50. The maximum atomic E-state index is 12.6. The maximum Gasteiger partial charge on any atom is 0.262 e. The van der Waals surface area contributed by atoms with Crippen molar-refractivity contribution in [2.45, 2.75) is 90.5 Å². The number of halogens is 2. The summed E-state index contributed by atoms with van der Waals surface area (Å²) < 4.78 is 11.6. The van der Waals surface area contributed by atoms with Gasteiger partial charge in [0, 0.05) is 24.5 Å². The number of thioether (sulfide) groups is 1. The molecule has 222 valence electrons. The molecule has 0 radical (unpaired) electrons. The summed E-state index contributed by atoms with van der Waals surface area (Å²) in [7, 11) is 0. The summed E-state index contributed by atoms with van der Waals surface area (Å²) in [4.78, 5) is 14.8. The average Bonchev–Trinajstić information content (AvgIpc) is 3.45. The van der Waals surface area contributed by atoms with Gasteiger partial charge >= 0.3 is 0 Å². The van der Waals surface area contributed by atoms with Gasteiger partial charge in [0.15, 0.2) is 6.61 Å². The molecule has 0 spiro atoms. The van der Waals surface area contributed by atoms with Crippen molar-refractivity contribution in [2.75, 3.05) is 24.4 Å².